The maximum Gasteiger partial charge on any atom is 0.224 e. The first kappa shape index (κ1) is 18.0. The van der Waals surface area contributed by atoms with Gasteiger partial charge in [-0.15, -0.1) is 6.58 Å². The maximum atomic E-state index is 12.6. The van der Waals surface area contributed by atoms with Crippen molar-refractivity contribution in [1.29, 1.82) is 0 Å². The van der Waals surface area contributed by atoms with E-state index in [-0.39, 0.29) is 24.5 Å². The maximum absolute atomic E-state index is 12.6. The van der Waals surface area contributed by atoms with Crippen LogP contribution in [0, 0.1) is 5.92 Å². The van der Waals surface area contributed by atoms with Gasteiger partial charge < -0.3 is 10.4 Å². The zero-order valence-electron chi connectivity index (χ0n) is 13.9. The van der Waals surface area contributed by atoms with E-state index in [1.807, 2.05) is 60.7 Å². The van der Waals surface area contributed by atoms with E-state index in [1.54, 1.807) is 6.08 Å². The fourth-order valence-electron chi connectivity index (χ4n) is 2.76. The van der Waals surface area contributed by atoms with Crippen LogP contribution in [-0.4, -0.2) is 23.7 Å². The molecule has 0 heterocycles. The molecule has 0 aliphatic carbocycles. The third-order valence-electron chi connectivity index (χ3n) is 4.04. The third kappa shape index (κ3) is 5.67. The molecule has 2 N–H and O–H groups in total. The molecule has 2 atom stereocenters. The second-order valence-electron chi connectivity index (χ2n) is 5.99. The van der Waals surface area contributed by atoms with Gasteiger partial charge in [0.15, 0.2) is 0 Å². The number of carbonyl (C=O) groups excluding carboxylic acids is 1. The molecule has 0 spiro atoms. The molecular weight excluding hydrogens is 298 g/mol. The minimum Gasteiger partial charge on any atom is -0.394 e. The van der Waals surface area contributed by atoms with Gasteiger partial charge in [0.25, 0.3) is 0 Å². The molecule has 0 fully saturated rings. The second kappa shape index (κ2) is 9.68. The molecule has 0 radical (unpaired) electrons. The number of rotatable bonds is 9. The molecular formula is C21H25NO2. The van der Waals surface area contributed by atoms with Gasteiger partial charge in [0.05, 0.1) is 12.6 Å². The molecule has 126 valence electrons. The minimum atomic E-state index is -0.275. The van der Waals surface area contributed by atoms with Gasteiger partial charge in [0.1, 0.15) is 0 Å². The molecule has 2 aromatic rings. The smallest absolute Gasteiger partial charge is 0.224 e. The number of aliphatic hydroxyl groups excluding tert-OH is 1. The van der Waals surface area contributed by atoms with E-state index in [4.69, 9.17) is 0 Å². The molecule has 1 amide bonds. The van der Waals surface area contributed by atoms with Crippen molar-refractivity contribution in [2.45, 2.75) is 25.3 Å². The largest absolute Gasteiger partial charge is 0.394 e. The van der Waals surface area contributed by atoms with Crippen LogP contribution in [0.3, 0.4) is 0 Å². The summed E-state index contributed by atoms with van der Waals surface area (Å²) >= 11 is 0. The van der Waals surface area contributed by atoms with Crippen molar-refractivity contribution in [2.75, 3.05) is 6.61 Å². The van der Waals surface area contributed by atoms with Crippen LogP contribution in [0.4, 0.5) is 0 Å². The molecule has 0 aliphatic rings. The third-order valence-corrected chi connectivity index (χ3v) is 4.04. The van der Waals surface area contributed by atoms with Crippen molar-refractivity contribution in [1.82, 2.24) is 5.32 Å². The van der Waals surface area contributed by atoms with Crippen molar-refractivity contribution in [3.05, 3.63) is 84.4 Å². The van der Waals surface area contributed by atoms with Crippen LogP contribution in [0.2, 0.25) is 0 Å². The van der Waals surface area contributed by atoms with Crippen LogP contribution in [0.25, 0.3) is 0 Å². The zero-order valence-corrected chi connectivity index (χ0v) is 13.9. The SMILES string of the molecule is C=CC[C@@H](Cc1ccccc1)C(=O)N[C@@H](CO)Cc1ccccc1. The molecule has 0 aromatic heterocycles. The monoisotopic (exact) mass is 323 g/mol. The molecule has 2 rings (SSSR count). The van der Waals surface area contributed by atoms with Gasteiger partial charge in [-0.05, 0) is 30.4 Å². The Hall–Kier alpha value is -2.39. The lowest BCUT2D eigenvalue weighted by Crippen LogP contribution is -2.42. The fraction of sp³-hybridized carbons (Fsp3) is 0.286. The van der Waals surface area contributed by atoms with Crippen LogP contribution in [-0.2, 0) is 17.6 Å². The fourth-order valence-corrected chi connectivity index (χ4v) is 2.76. The standard InChI is InChI=1S/C21H25NO2/c1-2-9-19(14-17-10-5-3-6-11-17)21(24)22-20(16-23)15-18-12-7-4-8-13-18/h2-8,10-13,19-20,23H,1,9,14-16H2,(H,22,24)/t19-,20+/m0/s1. The summed E-state index contributed by atoms with van der Waals surface area (Å²) in [6.07, 6.45) is 3.68. The number of aliphatic hydroxyl groups is 1. The first-order valence-corrected chi connectivity index (χ1v) is 8.33. The molecule has 0 saturated heterocycles. The average molecular weight is 323 g/mol. The number of nitrogens with one attached hydrogen (secondary N) is 1. The molecule has 2 aromatic carbocycles. The Labute approximate surface area is 144 Å². The Balaban J connectivity index is 1.98. The minimum absolute atomic E-state index is 0.0336. The van der Waals surface area contributed by atoms with Crippen molar-refractivity contribution in [2.24, 2.45) is 5.92 Å². The number of allylic oxidation sites excluding steroid dienone is 1. The van der Waals surface area contributed by atoms with Gasteiger partial charge in [0, 0.05) is 5.92 Å². The Kier molecular flexibility index (Phi) is 7.24. The van der Waals surface area contributed by atoms with Crippen LogP contribution in [0.5, 0.6) is 0 Å². The molecule has 24 heavy (non-hydrogen) atoms. The first-order chi connectivity index (χ1) is 11.7. The second-order valence-corrected chi connectivity index (χ2v) is 5.99. The summed E-state index contributed by atoms with van der Waals surface area (Å²) in [4.78, 5) is 12.6. The van der Waals surface area contributed by atoms with Crippen LogP contribution in [0.1, 0.15) is 17.5 Å². The van der Waals surface area contributed by atoms with Crippen LogP contribution < -0.4 is 5.32 Å². The van der Waals surface area contributed by atoms with E-state index >= 15 is 0 Å². The Morgan fingerprint density at radius 1 is 1.00 bits per heavy atom. The number of hydrogen-bond acceptors (Lipinski definition) is 2. The normalized spacial score (nSPS) is 13.0. The van der Waals surface area contributed by atoms with Crippen molar-refractivity contribution >= 4 is 5.91 Å². The quantitative estimate of drug-likeness (QED) is 0.697. The van der Waals surface area contributed by atoms with E-state index in [1.165, 1.54) is 0 Å². The van der Waals surface area contributed by atoms with Gasteiger partial charge in [-0.25, -0.2) is 0 Å². The zero-order chi connectivity index (χ0) is 17.2. The summed E-state index contributed by atoms with van der Waals surface area (Å²) in [5, 5.41) is 12.6. The van der Waals surface area contributed by atoms with E-state index in [0.29, 0.717) is 19.3 Å². The van der Waals surface area contributed by atoms with Crippen molar-refractivity contribution in [3.8, 4) is 0 Å². The summed E-state index contributed by atoms with van der Waals surface area (Å²) in [7, 11) is 0. The highest BCUT2D eigenvalue weighted by Gasteiger charge is 2.20. The lowest BCUT2D eigenvalue weighted by atomic mass is 9.94. The molecule has 0 bridgehead atoms. The molecule has 3 nitrogen and oxygen atoms in total. The van der Waals surface area contributed by atoms with Gasteiger partial charge >= 0.3 is 0 Å². The Bertz CT molecular complexity index is 625. The van der Waals surface area contributed by atoms with E-state index in [2.05, 4.69) is 11.9 Å². The summed E-state index contributed by atoms with van der Waals surface area (Å²) in [6, 6.07) is 19.6. The number of amides is 1. The van der Waals surface area contributed by atoms with Crippen LogP contribution in [0.15, 0.2) is 73.3 Å². The number of benzene rings is 2. The van der Waals surface area contributed by atoms with E-state index in [0.717, 1.165) is 11.1 Å². The van der Waals surface area contributed by atoms with Crippen LogP contribution >= 0.6 is 0 Å². The van der Waals surface area contributed by atoms with Crippen molar-refractivity contribution in [3.63, 3.8) is 0 Å². The summed E-state index contributed by atoms with van der Waals surface area (Å²) in [5.41, 5.74) is 2.23. The van der Waals surface area contributed by atoms with Gasteiger partial charge in [-0.1, -0.05) is 66.7 Å². The highest BCUT2D eigenvalue weighted by molar-refractivity contribution is 5.79. The van der Waals surface area contributed by atoms with E-state index < -0.39 is 0 Å². The van der Waals surface area contributed by atoms with Gasteiger partial charge in [0.2, 0.25) is 5.91 Å². The highest BCUT2D eigenvalue weighted by Crippen LogP contribution is 2.14. The summed E-state index contributed by atoms with van der Waals surface area (Å²) < 4.78 is 0. The predicted octanol–water partition coefficient (Wildman–Crippen LogP) is 3.14. The van der Waals surface area contributed by atoms with Crippen molar-refractivity contribution < 1.29 is 9.90 Å². The summed E-state index contributed by atoms with van der Waals surface area (Å²) in [5.74, 6) is -0.205. The van der Waals surface area contributed by atoms with Gasteiger partial charge in [-0.3, -0.25) is 4.79 Å². The topological polar surface area (TPSA) is 49.3 Å². The Morgan fingerprint density at radius 3 is 2.04 bits per heavy atom. The van der Waals surface area contributed by atoms with E-state index in [9.17, 15) is 9.90 Å². The molecule has 3 heteroatoms. The molecule has 0 saturated carbocycles. The average Bonchev–Trinajstić information content (AvgIpc) is 2.62. The first-order valence-electron chi connectivity index (χ1n) is 8.33. The molecule has 0 aliphatic heterocycles. The molecule has 0 unspecified atom stereocenters. The number of hydrogen-bond donors (Lipinski definition) is 2. The summed E-state index contributed by atoms with van der Waals surface area (Å²) in [6.45, 7) is 3.69. The predicted molar refractivity (Wildman–Crippen MR) is 97.6 cm³/mol. The van der Waals surface area contributed by atoms with Gasteiger partial charge in [-0.2, -0.15) is 0 Å². The lowest BCUT2D eigenvalue weighted by Gasteiger charge is -2.21. The number of carbonyl (C=O) groups is 1. The lowest BCUT2D eigenvalue weighted by molar-refractivity contribution is -0.125. The highest BCUT2D eigenvalue weighted by atomic mass is 16.3. The Morgan fingerprint density at radius 2 is 1.54 bits per heavy atom.